The first-order valence-electron chi connectivity index (χ1n) is 7.93. The number of hydrogen-bond donors (Lipinski definition) is 2. The van der Waals surface area contributed by atoms with E-state index in [0.29, 0.717) is 18.5 Å². The van der Waals surface area contributed by atoms with Crippen LogP contribution in [0.25, 0.3) is 0 Å². The maximum Gasteiger partial charge on any atom is 0.252 e. The Morgan fingerprint density at radius 1 is 1.32 bits per heavy atom. The SMILES string of the molecule is CNCCC1CCN(C(=O)CCNC(=O)c2ccsc2)CC1. The standard InChI is InChI=1S/C16H25N3O2S/c1-17-7-2-13-4-9-19(10-5-13)15(20)3-8-18-16(21)14-6-11-22-12-14/h6,11-13,17H,2-5,7-10H2,1H3,(H,18,21). The highest BCUT2D eigenvalue weighted by Crippen LogP contribution is 2.20. The molecule has 2 heterocycles. The highest BCUT2D eigenvalue weighted by molar-refractivity contribution is 7.08. The number of carbonyl (C=O) groups is 2. The molecule has 2 N–H and O–H groups in total. The zero-order valence-corrected chi connectivity index (χ0v) is 14.0. The lowest BCUT2D eigenvalue weighted by atomic mass is 9.93. The minimum Gasteiger partial charge on any atom is -0.351 e. The average molecular weight is 323 g/mol. The molecule has 22 heavy (non-hydrogen) atoms. The molecule has 122 valence electrons. The van der Waals surface area contributed by atoms with E-state index in [1.807, 2.05) is 22.7 Å². The predicted molar refractivity (Wildman–Crippen MR) is 89.1 cm³/mol. The zero-order chi connectivity index (χ0) is 15.8. The molecule has 1 aliphatic heterocycles. The molecule has 0 unspecified atom stereocenters. The molecule has 0 radical (unpaired) electrons. The average Bonchev–Trinajstić information content (AvgIpc) is 3.07. The normalized spacial score (nSPS) is 15.8. The number of carbonyl (C=O) groups excluding carboxylic acids is 2. The second kappa shape index (κ2) is 8.90. The summed E-state index contributed by atoms with van der Waals surface area (Å²) in [4.78, 5) is 25.9. The van der Waals surface area contributed by atoms with E-state index in [0.717, 1.165) is 38.4 Å². The molecule has 1 aromatic rings. The summed E-state index contributed by atoms with van der Waals surface area (Å²) in [6.45, 7) is 3.16. The Bertz CT molecular complexity index is 468. The molecule has 1 saturated heterocycles. The van der Waals surface area contributed by atoms with E-state index in [2.05, 4.69) is 10.6 Å². The van der Waals surface area contributed by atoms with Gasteiger partial charge in [-0.25, -0.2) is 0 Å². The van der Waals surface area contributed by atoms with Gasteiger partial charge in [-0.3, -0.25) is 9.59 Å². The molecule has 0 bridgehead atoms. The van der Waals surface area contributed by atoms with Gasteiger partial charge in [-0.15, -0.1) is 0 Å². The van der Waals surface area contributed by atoms with Crippen LogP contribution in [0.2, 0.25) is 0 Å². The second-order valence-corrected chi connectivity index (χ2v) is 6.51. The topological polar surface area (TPSA) is 61.4 Å². The van der Waals surface area contributed by atoms with E-state index in [1.165, 1.54) is 17.8 Å². The lowest BCUT2D eigenvalue weighted by molar-refractivity contribution is -0.132. The van der Waals surface area contributed by atoms with Gasteiger partial charge in [-0.05, 0) is 50.2 Å². The van der Waals surface area contributed by atoms with E-state index in [9.17, 15) is 9.59 Å². The third kappa shape index (κ3) is 5.10. The third-order valence-electron chi connectivity index (χ3n) is 4.18. The lowest BCUT2D eigenvalue weighted by Gasteiger charge is -2.32. The number of thiophene rings is 1. The van der Waals surface area contributed by atoms with Crippen LogP contribution in [-0.2, 0) is 4.79 Å². The molecule has 0 spiro atoms. The number of piperidine rings is 1. The van der Waals surface area contributed by atoms with Crippen LogP contribution in [0, 0.1) is 5.92 Å². The maximum absolute atomic E-state index is 12.2. The van der Waals surface area contributed by atoms with Crippen LogP contribution in [0.1, 0.15) is 36.0 Å². The van der Waals surface area contributed by atoms with Crippen molar-refractivity contribution >= 4 is 23.2 Å². The van der Waals surface area contributed by atoms with Crippen LogP contribution in [0.15, 0.2) is 16.8 Å². The van der Waals surface area contributed by atoms with Crippen LogP contribution < -0.4 is 10.6 Å². The smallest absolute Gasteiger partial charge is 0.252 e. The summed E-state index contributed by atoms with van der Waals surface area (Å²) < 4.78 is 0. The highest BCUT2D eigenvalue weighted by atomic mass is 32.1. The van der Waals surface area contributed by atoms with Crippen molar-refractivity contribution in [3.63, 3.8) is 0 Å². The number of hydrogen-bond acceptors (Lipinski definition) is 4. The van der Waals surface area contributed by atoms with E-state index in [-0.39, 0.29) is 11.8 Å². The van der Waals surface area contributed by atoms with Gasteiger partial charge in [0.2, 0.25) is 5.91 Å². The molecule has 1 aromatic heterocycles. The fraction of sp³-hybridized carbons (Fsp3) is 0.625. The molecule has 1 aliphatic rings. The fourth-order valence-electron chi connectivity index (χ4n) is 2.76. The molecular weight excluding hydrogens is 298 g/mol. The molecule has 0 atom stereocenters. The van der Waals surface area contributed by atoms with Gasteiger partial charge in [0.15, 0.2) is 0 Å². The quantitative estimate of drug-likeness (QED) is 0.803. The van der Waals surface area contributed by atoms with Crippen LogP contribution >= 0.6 is 11.3 Å². The van der Waals surface area contributed by atoms with Gasteiger partial charge >= 0.3 is 0 Å². The fourth-order valence-corrected chi connectivity index (χ4v) is 3.39. The Kier molecular flexibility index (Phi) is 6.86. The van der Waals surface area contributed by atoms with Gasteiger partial charge in [0.25, 0.3) is 5.91 Å². The molecule has 0 saturated carbocycles. The summed E-state index contributed by atoms with van der Waals surface area (Å²) in [6, 6.07) is 1.79. The lowest BCUT2D eigenvalue weighted by Crippen LogP contribution is -2.40. The molecule has 0 aliphatic carbocycles. The Balaban J connectivity index is 1.63. The molecule has 0 aromatic carbocycles. The van der Waals surface area contributed by atoms with Crippen molar-refractivity contribution in [1.29, 1.82) is 0 Å². The van der Waals surface area contributed by atoms with Crippen molar-refractivity contribution in [3.8, 4) is 0 Å². The van der Waals surface area contributed by atoms with Crippen molar-refractivity contribution < 1.29 is 9.59 Å². The molecule has 5 nitrogen and oxygen atoms in total. The Morgan fingerprint density at radius 3 is 2.73 bits per heavy atom. The van der Waals surface area contributed by atoms with Crippen LogP contribution in [0.5, 0.6) is 0 Å². The van der Waals surface area contributed by atoms with Gasteiger partial charge in [-0.2, -0.15) is 11.3 Å². The van der Waals surface area contributed by atoms with Gasteiger partial charge in [-0.1, -0.05) is 0 Å². The third-order valence-corrected chi connectivity index (χ3v) is 4.86. The molecule has 2 amide bonds. The molecule has 6 heteroatoms. The van der Waals surface area contributed by atoms with Crippen LogP contribution in [0.3, 0.4) is 0 Å². The maximum atomic E-state index is 12.2. The molecule has 1 fully saturated rings. The first-order chi connectivity index (χ1) is 10.7. The number of amides is 2. The molecule has 2 rings (SSSR count). The number of nitrogens with zero attached hydrogens (tertiary/aromatic N) is 1. The van der Waals surface area contributed by atoms with Crippen molar-refractivity contribution in [2.24, 2.45) is 5.92 Å². The second-order valence-electron chi connectivity index (χ2n) is 5.73. The summed E-state index contributed by atoms with van der Waals surface area (Å²) in [6.07, 6.45) is 3.76. The van der Waals surface area contributed by atoms with Crippen molar-refractivity contribution in [3.05, 3.63) is 22.4 Å². The van der Waals surface area contributed by atoms with Crippen LogP contribution in [0.4, 0.5) is 0 Å². The van der Waals surface area contributed by atoms with E-state index >= 15 is 0 Å². The van der Waals surface area contributed by atoms with Gasteiger partial charge in [0.05, 0.1) is 0 Å². The monoisotopic (exact) mass is 323 g/mol. The van der Waals surface area contributed by atoms with Crippen molar-refractivity contribution in [2.75, 3.05) is 33.2 Å². The van der Waals surface area contributed by atoms with Crippen molar-refractivity contribution in [1.82, 2.24) is 15.5 Å². The Hall–Kier alpha value is -1.40. The predicted octanol–water partition coefficient (Wildman–Crippen LogP) is 1.72. The minimum atomic E-state index is -0.0974. The van der Waals surface area contributed by atoms with Crippen molar-refractivity contribution in [2.45, 2.75) is 25.7 Å². The summed E-state index contributed by atoms with van der Waals surface area (Å²) in [7, 11) is 1.98. The van der Waals surface area contributed by atoms with Crippen LogP contribution in [-0.4, -0.2) is 49.9 Å². The zero-order valence-electron chi connectivity index (χ0n) is 13.1. The van der Waals surface area contributed by atoms with E-state index in [1.54, 1.807) is 6.07 Å². The first kappa shape index (κ1) is 17.0. The number of nitrogens with one attached hydrogen (secondary N) is 2. The summed E-state index contributed by atoms with van der Waals surface area (Å²) in [5, 5.41) is 9.67. The number of rotatable bonds is 7. The largest absolute Gasteiger partial charge is 0.351 e. The molecular formula is C16H25N3O2S. The summed E-state index contributed by atoms with van der Waals surface area (Å²) >= 11 is 1.50. The summed E-state index contributed by atoms with van der Waals surface area (Å²) in [5.41, 5.74) is 0.669. The van der Waals surface area contributed by atoms with Gasteiger partial charge < -0.3 is 15.5 Å². The minimum absolute atomic E-state index is 0.0974. The first-order valence-corrected chi connectivity index (χ1v) is 8.87. The van der Waals surface area contributed by atoms with Gasteiger partial charge in [0.1, 0.15) is 0 Å². The van der Waals surface area contributed by atoms with E-state index < -0.39 is 0 Å². The Labute approximate surface area is 136 Å². The van der Waals surface area contributed by atoms with E-state index in [4.69, 9.17) is 0 Å². The Morgan fingerprint density at radius 2 is 2.09 bits per heavy atom. The summed E-state index contributed by atoms with van der Waals surface area (Å²) in [5.74, 6) is 0.785. The number of likely N-dealkylation sites (tertiary alicyclic amines) is 1. The highest BCUT2D eigenvalue weighted by Gasteiger charge is 2.22. The van der Waals surface area contributed by atoms with Gasteiger partial charge in [0, 0.05) is 37.0 Å².